The summed E-state index contributed by atoms with van der Waals surface area (Å²) in [6.07, 6.45) is -5.40. The van der Waals surface area contributed by atoms with E-state index in [-0.39, 0.29) is 17.8 Å². The summed E-state index contributed by atoms with van der Waals surface area (Å²) in [6, 6.07) is 6.40. The molecule has 0 atom stereocenters. The number of guanidine groups is 1. The van der Waals surface area contributed by atoms with E-state index in [9.17, 15) is 31.2 Å². The lowest BCUT2D eigenvalue weighted by Crippen LogP contribution is -2.35. The number of carbonyl (C=O) groups excluding carboxylic acids is 2. The summed E-state index contributed by atoms with van der Waals surface area (Å²) >= 11 is 0. The van der Waals surface area contributed by atoms with Crippen LogP contribution in [-0.4, -0.2) is 34.0 Å². The van der Waals surface area contributed by atoms with E-state index in [1.165, 1.54) is 0 Å². The van der Waals surface area contributed by atoms with Crippen LogP contribution in [0.25, 0.3) is 0 Å². The Morgan fingerprint density at radius 1 is 1.13 bits per heavy atom. The van der Waals surface area contributed by atoms with Crippen molar-refractivity contribution in [2.75, 3.05) is 17.7 Å². The monoisotopic (exact) mass is 460 g/mol. The molecule has 14 heteroatoms. The van der Waals surface area contributed by atoms with Gasteiger partial charge in [0.2, 0.25) is 12.4 Å². The number of amides is 2. The Morgan fingerprint density at radius 2 is 1.84 bits per heavy atom. The summed E-state index contributed by atoms with van der Waals surface area (Å²) in [7, 11) is -3.54. The van der Waals surface area contributed by atoms with Gasteiger partial charge in [0.05, 0.1) is 24.0 Å². The van der Waals surface area contributed by atoms with Crippen LogP contribution >= 0.6 is 0 Å². The third kappa shape index (κ3) is 6.33. The third-order valence-electron chi connectivity index (χ3n) is 3.53. The smallest absolute Gasteiger partial charge is 0.416 e. The van der Waals surface area contributed by atoms with Crippen LogP contribution in [0.2, 0.25) is 0 Å². The fraction of sp³-hybridized carbons (Fsp3) is 0.118. The van der Waals surface area contributed by atoms with Crippen molar-refractivity contribution in [1.82, 2.24) is 5.32 Å². The molecule has 31 heavy (non-hydrogen) atoms. The van der Waals surface area contributed by atoms with Gasteiger partial charge in [-0.05, 0) is 36.4 Å². The van der Waals surface area contributed by atoms with Gasteiger partial charge in [0.15, 0.2) is 0 Å². The van der Waals surface area contributed by atoms with Crippen molar-refractivity contribution >= 4 is 40.0 Å². The maximum atomic E-state index is 12.8. The normalized spacial score (nSPS) is 11.2. The van der Waals surface area contributed by atoms with Gasteiger partial charge in [-0.3, -0.25) is 15.5 Å². The lowest BCUT2D eigenvalue weighted by atomic mass is 10.2. The van der Waals surface area contributed by atoms with E-state index >= 15 is 0 Å². The van der Waals surface area contributed by atoms with Gasteiger partial charge in [0, 0.05) is 0 Å². The molecule has 10 nitrogen and oxygen atoms in total. The lowest BCUT2D eigenvalue weighted by molar-refractivity contribution is -0.137. The Hall–Kier alpha value is -3.81. The van der Waals surface area contributed by atoms with Crippen LogP contribution in [0.3, 0.4) is 0 Å². The molecule has 0 fully saturated rings. The van der Waals surface area contributed by atoms with E-state index in [0.29, 0.717) is 6.07 Å². The molecule has 0 saturated carbocycles. The molecular formula is C17H15F3N4O6S. The Balaban J connectivity index is 2.35. The standard InChI is InChI=1S/C17H15F3N4O6S/c1-29-16(26)24-15(21)23-14-8-12(5-6-13(14)22-9-25)31(27,28)30-11-4-2-3-10(7-11)17(18,19)20/h2-9H,1H3,(H,22,25)(H3,21,23,24,26). The average Bonchev–Trinajstić information content (AvgIpc) is 2.68. The van der Waals surface area contributed by atoms with E-state index in [1.807, 2.05) is 5.32 Å². The molecule has 2 amide bonds. The molecule has 166 valence electrons. The first-order valence-corrected chi connectivity index (χ1v) is 9.53. The maximum absolute atomic E-state index is 12.8. The molecule has 0 heterocycles. The fourth-order valence-electron chi connectivity index (χ4n) is 2.19. The molecule has 0 spiro atoms. The number of benzene rings is 2. The van der Waals surface area contributed by atoms with Crippen LogP contribution in [0.15, 0.2) is 47.4 Å². The molecule has 0 saturated heterocycles. The van der Waals surface area contributed by atoms with Crippen LogP contribution in [0.4, 0.5) is 29.3 Å². The summed E-state index contributed by atoms with van der Waals surface area (Å²) in [5, 5.41) is 14.2. The number of hydrogen-bond acceptors (Lipinski definition) is 7. The molecule has 0 aliphatic heterocycles. The van der Waals surface area contributed by atoms with Crippen LogP contribution in [0, 0.1) is 5.41 Å². The van der Waals surface area contributed by atoms with Gasteiger partial charge in [-0.1, -0.05) is 6.07 Å². The second-order valence-corrected chi connectivity index (χ2v) is 7.20. The first-order valence-electron chi connectivity index (χ1n) is 8.13. The summed E-state index contributed by atoms with van der Waals surface area (Å²) in [6.45, 7) is 0. The topological polar surface area (TPSA) is 147 Å². The Bertz CT molecular complexity index is 1110. The zero-order valence-electron chi connectivity index (χ0n) is 15.6. The number of alkyl carbamates (subject to hydrolysis) is 1. The van der Waals surface area contributed by atoms with Crippen molar-refractivity contribution in [3.63, 3.8) is 0 Å². The Labute approximate surface area is 174 Å². The average molecular weight is 460 g/mol. The van der Waals surface area contributed by atoms with E-state index < -0.39 is 44.6 Å². The summed E-state index contributed by atoms with van der Waals surface area (Å²) in [5.74, 6) is -1.19. The quantitative estimate of drug-likeness (QED) is 0.224. The van der Waals surface area contributed by atoms with Crippen molar-refractivity contribution in [2.45, 2.75) is 11.1 Å². The summed E-state index contributed by atoms with van der Waals surface area (Å²) in [4.78, 5) is 21.4. The highest BCUT2D eigenvalue weighted by Gasteiger charge is 2.31. The Kier molecular flexibility index (Phi) is 7.07. The highest BCUT2D eigenvalue weighted by molar-refractivity contribution is 7.87. The number of anilines is 2. The first-order chi connectivity index (χ1) is 14.5. The van der Waals surface area contributed by atoms with Gasteiger partial charge in [-0.25, -0.2) is 4.79 Å². The molecular weight excluding hydrogens is 445 g/mol. The molecule has 2 aromatic rings. The molecule has 0 bridgehead atoms. The number of carbonyl (C=O) groups is 2. The van der Waals surface area contributed by atoms with Crippen LogP contribution in [0.5, 0.6) is 5.75 Å². The number of hydrogen-bond donors (Lipinski definition) is 4. The third-order valence-corrected chi connectivity index (χ3v) is 4.78. The van der Waals surface area contributed by atoms with Crippen molar-refractivity contribution < 1.29 is 40.1 Å². The van der Waals surface area contributed by atoms with E-state index in [2.05, 4.69) is 15.4 Å². The highest BCUT2D eigenvalue weighted by atomic mass is 32.2. The minimum absolute atomic E-state index is 0.0319. The van der Waals surface area contributed by atoms with Crippen molar-refractivity contribution in [3.05, 3.63) is 48.0 Å². The predicted octanol–water partition coefficient (Wildman–Crippen LogP) is 2.74. The van der Waals surface area contributed by atoms with Gasteiger partial charge >= 0.3 is 22.4 Å². The van der Waals surface area contributed by atoms with Crippen molar-refractivity contribution in [2.24, 2.45) is 0 Å². The minimum atomic E-state index is -4.70. The summed E-state index contributed by atoms with van der Waals surface area (Å²) in [5.41, 5.74) is -1.21. The van der Waals surface area contributed by atoms with E-state index in [4.69, 9.17) is 9.59 Å². The molecule has 0 aliphatic rings. The molecule has 4 N–H and O–H groups in total. The first kappa shape index (κ1) is 23.5. The van der Waals surface area contributed by atoms with Gasteiger partial charge in [-0.15, -0.1) is 0 Å². The van der Waals surface area contributed by atoms with Crippen LogP contribution in [0.1, 0.15) is 5.56 Å². The minimum Gasteiger partial charge on any atom is -0.453 e. The SMILES string of the molecule is COC(=O)NC(=N)Nc1cc(S(=O)(=O)Oc2cccc(C(F)(F)F)c2)ccc1NC=O. The number of halogens is 3. The molecule has 2 aromatic carbocycles. The summed E-state index contributed by atoms with van der Waals surface area (Å²) < 4.78 is 72.6. The number of methoxy groups -OCH3 is 1. The lowest BCUT2D eigenvalue weighted by Gasteiger charge is -2.15. The zero-order chi connectivity index (χ0) is 23.2. The highest BCUT2D eigenvalue weighted by Crippen LogP contribution is 2.32. The van der Waals surface area contributed by atoms with Gasteiger partial charge in [0.1, 0.15) is 10.6 Å². The van der Waals surface area contributed by atoms with E-state index in [1.54, 1.807) is 0 Å². The van der Waals surface area contributed by atoms with Crippen LogP contribution < -0.4 is 20.1 Å². The molecule has 0 aliphatic carbocycles. The zero-order valence-corrected chi connectivity index (χ0v) is 16.4. The van der Waals surface area contributed by atoms with Crippen LogP contribution in [-0.2, 0) is 25.8 Å². The second-order valence-electron chi connectivity index (χ2n) is 5.65. The number of nitrogens with one attached hydrogen (secondary N) is 4. The van der Waals surface area contributed by atoms with Gasteiger partial charge < -0.3 is 19.6 Å². The second kappa shape index (κ2) is 9.34. The fourth-order valence-corrected chi connectivity index (χ4v) is 3.14. The van der Waals surface area contributed by atoms with Gasteiger partial charge in [0.25, 0.3) is 0 Å². The number of alkyl halides is 3. The molecule has 0 aromatic heterocycles. The number of ether oxygens (including phenoxy) is 1. The molecule has 0 radical (unpaired) electrons. The van der Waals surface area contributed by atoms with Gasteiger partial charge in [-0.2, -0.15) is 21.6 Å². The van der Waals surface area contributed by atoms with Crippen molar-refractivity contribution in [1.29, 1.82) is 5.41 Å². The molecule has 0 unspecified atom stereocenters. The maximum Gasteiger partial charge on any atom is 0.416 e. The predicted molar refractivity (Wildman–Crippen MR) is 102 cm³/mol. The molecule has 2 rings (SSSR count). The largest absolute Gasteiger partial charge is 0.453 e. The number of rotatable bonds is 6. The van der Waals surface area contributed by atoms with Crippen molar-refractivity contribution in [3.8, 4) is 5.75 Å². The Morgan fingerprint density at radius 3 is 2.45 bits per heavy atom. The van der Waals surface area contributed by atoms with E-state index in [0.717, 1.165) is 43.5 Å².